The summed E-state index contributed by atoms with van der Waals surface area (Å²) in [5.74, 6) is 0.799. The zero-order valence-electron chi connectivity index (χ0n) is 14.2. The Balaban J connectivity index is 1.90. The van der Waals surface area contributed by atoms with E-state index in [-0.39, 0.29) is 0 Å². The van der Waals surface area contributed by atoms with Gasteiger partial charge in [0.25, 0.3) is 0 Å². The molecule has 2 heterocycles. The third-order valence-electron chi connectivity index (χ3n) is 4.50. The minimum Gasteiger partial charge on any atom is -0.489 e. The molecule has 6 heteroatoms. The Hall–Kier alpha value is -1.75. The second-order valence-electron chi connectivity index (χ2n) is 6.30. The van der Waals surface area contributed by atoms with Gasteiger partial charge in [0.15, 0.2) is 17.1 Å². The Kier molecular flexibility index (Phi) is 5.29. The first-order valence-electron chi connectivity index (χ1n) is 8.58. The van der Waals surface area contributed by atoms with Crippen molar-refractivity contribution < 1.29 is 14.3 Å². The zero-order chi connectivity index (χ0) is 17.1. The van der Waals surface area contributed by atoms with E-state index in [0.29, 0.717) is 46.9 Å². The van der Waals surface area contributed by atoms with Crippen LogP contribution < -0.4 is 4.74 Å². The second-order valence-corrected chi connectivity index (χ2v) is 6.73. The summed E-state index contributed by atoms with van der Waals surface area (Å²) in [5.41, 5.74) is 1.62. The lowest BCUT2D eigenvalue weighted by Gasteiger charge is -2.21. The van der Waals surface area contributed by atoms with Crippen LogP contribution >= 0.6 is 11.6 Å². The van der Waals surface area contributed by atoms with E-state index >= 15 is 0 Å². The van der Waals surface area contributed by atoms with Gasteiger partial charge in [-0.15, -0.1) is 0 Å². The van der Waals surface area contributed by atoms with Gasteiger partial charge in [0.05, 0.1) is 23.9 Å². The molecule has 2 aromatic rings. The lowest BCUT2D eigenvalue weighted by atomic mass is 9.90. The van der Waals surface area contributed by atoms with E-state index in [1.807, 2.05) is 0 Å². The van der Waals surface area contributed by atoms with Gasteiger partial charge in [-0.2, -0.15) is 0 Å². The molecule has 2 aromatic heterocycles. The van der Waals surface area contributed by atoms with Crippen molar-refractivity contribution in [2.24, 2.45) is 5.92 Å². The largest absolute Gasteiger partial charge is 0.489 e. The lowest BCUT2D eigenvalue weighted by Crippen LogP contribution is -2.15. The van der Waals surface area contributed by atoms with Crippen molar-refractivity contribution >= 4 is 23.2 Å². The smallest absolute Gasteiger partial charge is 0.357 e. The third kappa shape index (κ3) is 3.51. The van der Waals surface area contributed by atoms with E-state index in [1.165, 1.54) is 32.1 Å². The molecule has 0 aromatic carbocycles. The highest BCUT2D eigenvalue weighted by Gasteiger charge is 2.21. The Bertz CT molecular complexity index is 735. The molecule has 130 valence electrons. The predicted molar refractivity (Wildman–Crippen MR) is 93.0 cm³/mol. The first-order chi connectivity index (χ1) is 11.6. The van der Waals surface area contributed by atoms with Gasteiger partial charge in [-0.3, -0.25) is 4.40 Å². The number of aromatic nitrogens is 2. The minimum atomic E-state index is -0.400. The molecule has 0 atom stereocenters. The molecule has 0 unspecified atom stereocenters. The molecule has 0 spiro atoms. The van der Waals surface area contributed by atoms with Crippen LogP contribution in [0.25, 0.3) is 5.65 Å². The van der Waals surface area contributed by atoms with E-state index in [4.69, 9.17) is 21.1 Å². The van der Waals surface area contributed by atoms with E-state index in [9.17, 15) is 4.79 Å². The summed E-state index contributed by atoms with van der Waals surface area (Å²) in [5, 5.41) is 0.504. The number of hydrogen-bond donors (Lipinski definition) is 0. The zero-order valence-corrected chi connectivity index (χ0v) is 14.9. The molecule has 5 nitrogen and oxygen atoms in total. The molecule has 0 saturated heterocycles. The molecular weight excluding hydrogens is 328 g/mol. The average Bonchev–Trinajstić information content (AvgIpc) is 2.89. The van der Waals surface area contributed by atoms with Crippen molar-refractivity contribution in [3.05, 3.63) is 28.7 Å². The minimum absolute atomic E-state index is 0.317. The molecule has 1 aliphatic rings. The topological polar surface area (TPSA) is 52.8 Å². The van der Waals surface area contributed by atoms with Gasteiger partial charge in [-0.25, -0.2) is 9.78 Å². The number of esters is 1. The Morgan fingerprint density at radius 1 is 1.38 bits per heavy atom. The number of imidazole rings is 1. The number of nitrogens with zero attached hydrogens (tertiary/aromatic N) is 2. The highest BCUT2D eigenvalue weighted by Crippen LogP contribution is 2.29. The van der Waals surface area contributed by atoms with Crippen LogP contribution in [0.1, 0.15) is 55.2 Å². The van der Waals surface area contributed by atoms with Gasteiger partial charge < -0.3 is 9.47 Å². The predicted octanol–water partition coefficient (Wildman–Crippen LogP) is 4.43. The lowest BCUT2D eigenvalue weighted by molar-refractivity contribution is 0.0517. The molecular formula is C18H23ClN2O3. The molecule has 1 aliphatic carbocycles. The Labute approximate surface area is 146 Å². The average molecular weight is 351 g/mol. The number of pyridine rings is 1. The number of aryl methyl sites for hydroxylation is 1. The molecule has 24 heavy (non-hydrogen) atoms. The third-order valence-corrected chi connectivity index (χ3v) is 4.70. The first-order valence-corrected chi connectivity index (χ1v) is 8.96. The second kappa shape index (κ2) is 7.43. The number of carbonyl (C=O) groups is 1. The molecule has 1 saturated carbocycles. The standard InChI is InChI=1S/C18H23ClN2O3/c1-3-23-18(22)16-12(2)20-17-15(9-14(19)10-21(16)17)24-11-13-7-5-4-6-8-13/h9-10,13H,3-8,11H2,1-2H3. The quantitative estimate of drug-likeness (QED) is 0.748. The number of fused-ring (bicyclic) bond motifs is 1. The molecule has 0 aliphatic heterocycles. The van der Waals surface area contributed by atoms with Gasteiger partial charge in [0.2, 0.25) is 0 Å². The van der Waals surface area contributed by atoms with E-state index < -0.39 is 5.97 Å². The van der Waals surface area contributed by atoms with Crippen LogP contribution in [0.2, 0.25) is 5.02 Å². The number of halogens is 1. The SMILES string of the molecule is CCOC(=O)c1c(C)nc2c(OCC3CCCCC3)cc(Cl)cn12. The van der Waals surface area contributed by atoms with Crippen LogP contribution in [0.15, 0.2) is 12.3 Å². The fourth-order valence-corrected chi connectivity index (χ4v) is 3.51. The van der Waals surface area contributed by atoms with E-state index in [2.05, 4.69) is 4.98 Å². The van der Waals surface area contributed by atoms with Crippen molar-refractivity contribution in [2.75, 3.05) is 13.2 Å². The van der Waals surface area contributed by atoms with Gasteiger partial charge in [-0.05, 0) is 32.6 Å². The van der Waals surface area contributed by atoms with E-state index in [0.717, 1.165) is 0 Å². The van der Waals surface area contributed by atoms with Crippen LogP contribution in [0, 0.1) is 12.8 Å². The summed E-state index contributed by atoms with van der Waals surface area (Å²) >= 11 is 6.23. The van der Waals surface area contributed by atoms with Crippen molar-refractivity contribution in [2.45, 2.75) is 46.0 Å². The number of rotatable bonds is 5. The maximum Gasteiger partial charge on any atom is 0.357 e. The van der Waals surface area contributed by atoms with E-state index in [1.54, 1.807) is 30.5 Å². The van der Waals surface area contributed by atoms with Crippen LogP contribution in [-0.2, 0) is 4.74 Å². The number of hydrogen-bond acceptors (Lipinski definition) is 4. The first kappa shape index (κ1) is 17.1. The Morgan fingerprint density at radius 2 is 2.12 bits per heavy atom. The van der Waals surface area contributed by atoms with Crippen LogP contribution in [0.5, 0.6) is 5.75 Å². The molecule has 0 radical (unpaired) electrons. The van der Waals surface area contributed by atoms with Crippen LogP contribution in [0.3, 0.4) is 0 Å². The summed E-state index contributed by atoms with van der Waals surface area (Å²) in [4.78, 5) is 16.7. The van der Waals surface area contributed by atoms with Crippen molar-refractivity contribution in [3.63, 3.8) is 0 Å². The molecule has 3 rings (SSSR count). The maximum atomic E-state index is 12.2. The van der Waals surface area contributed by atoms with Gasteiger partial charge in [-0.1, -0.05) is 30.9 Å². The summed E-state index contributed by atoms with van der Waals surface area (Å²) in [6.07, 6.45) is 7.95. The molecule has 0 amide bonds. The van der Waals surface area contributed by atoms with Crippen molar-refractivity contribution in [1.29, 1.82) is 0 Å². The van der Waals surface area contributed by atoms with Crippen LogP contribution in [-0.4, -0.2) is 28.6 Å². The van der Waals surface area contributed by atoms with Gasteiger partial charge in [0.1, 0.15) is 0 Å². The fourth-order valence-electron chi connectivity index (χ4n) is 3.31. The fraction of sp³-hybridized carbons (Fsp3) is 0.556. The number of ether oxygens (including phenoxy) is 2. The van der Waals surface area contributed by atoms with Crippen molar-refractivity contribution in [1.82, 2.24) is 9.38 Å². The molecule has 1 fully saturated rings. The van der Waals surface area contributed by atoms with Crippen LogP contribution in [0.4, 0.5) is 0 Å². The molecule has 0 N–H and O–H groups in total. The summed E-state index contributed by atoms with van der Waals surface area (Å²) in [6.45, 7) is 4.55. The molecule has 0 bridgehead atoms. The summed E-state index contributed by atoms with van der Waals surface area (Å²) in [6, 6.07) is 1.76. The highest BCUT2D eigenvalue weighted by atomic mass is 35.5. The summed E-state index contributed by atoms with van der Waals surface area (Å²) < 4.78 is 12.8. The number of carbonyl (C=O) groups excluding carboxylic acids is 1. The van der Waals surface area contributed by atoms with Gasteiger partial charge >= 0.3 is 5.97 Å². The van der Waals surface area contributed by atoms with Crippen molar-refractivity contribution in [3.8, 4) is 5.75 Å². The summed E-state index contributed by atoms with van der Waals surface area (Å²) in [7, 11) is 0. The normalized spacial score (nSPS) is 15.6. The Morgan fingerprint density at radius 3 is 2.83 bits per heavy atom. The van der Waals surface area contributed by atoms with Gasteiger partial charge in [0, 0.05) is 12.3 Å². The monoisotopic (exact) mass is 350 g/mol. The highest BCUT2D eigenvalue weighted by molar-refractivity contribution is 6.30. The maximum absolute atomic E-state index is 12.2.